The van der Waals surface area contributed by atoms with E-state index in [0.717, 1.165) is 17.5 Å². The molecule has 0 saturated heterocycles. The molecule has 2 atom stereocenters. The van der Waals surface area contributed by atoms with E-state index in [4.69, 9.17) is 4.74 Å². The SMILES string of the molecule is CC(C)CO[C@H]1Cc2ccccc2[C@@H]1N1C(=O)C=CC1=O. The minimum Gasteiger partial charge on any atom is -0.375 e. The van der Waals surface area contributed by atoms with E-state index >= 15 is 0 Å². The number of hydrogen-bond acceptors (Lipinski definition) is 3. The predicted molar refractivity (Wildman–Crippen MR) is 78.5 cm³/mol. The van der Waals surface area contributed by atoms with Crippen LogP contribution in [0.4, 0.5) is 0 Å². The number of hydrogen-bond donors (Lipinski definition) is 0. The maximum absolute atomic E-state index is 12.0. The average Bonchev–Trinajstić information content (AvgIpc) is 2.97. The zero-order valence-corrected chi connectivity index (χ0v) is 12.3. The predicted octanol–water partition coefficient (Wildman–Crippen LogP) is 2.25. The summed E-state index contributed by atoms with van der Waals surface area (Å²) in [5.74, 6) is -0.0860. The van der Waals surface area contributed by atoms with Crippen LogP contribution in [0.5, 0.6) is 0 Å². The highest BCUT2D eigenvalue weighted by Gasteiger charge is 2.42. The number of carbonyl (C=O) groups is 2. The molecule has 1 aliphatic carbocycles. The van der Waals surface area contributed by atoms with Crippen molar-refractivity contribution < 1.29 is 14.3 Å². The molecule has 0 spiro atoms. The van der Waals surface area contributed by atoms with Crippen LogP contribution in [0.15, 0.2) is 36.4 Å². The van der Waals surface area contributed by atoms with Crippen molar-refractivity contribution in [2.24, 2.45) is 5.92 Å². The molecular formula is C17H19NO3. The van der Waals surface area contributed by atoms with Gasteiger partial charge in [-0.3, -0.25) is 14.5 Å². The molecule has 1 heterocycles. The molecule has 3 rings (SSSR count). The Hall–Kier alpha value is -1.94. The molecule has 4 heteroatoms. The van der Waals surface area contributed by atoms with Crippen molar-refractivity contribution in [2.45, 2.75) is 32.4 Å². The zero-order valence-electron chi connectivity index (χ0n) is 12.3. The third kappa shape index (κ3) is 2.51. The van der Waals surface area contributed by atoms with Crippen LogP contribution >= 0.6 is 0 Å². The van der Waals surface area contributed by atoms with Gasteiger partial charge in [-0.15, -0.1) is 0 Å². The quantitative estimate of drug-likeness (QED) is 0.797. The second kappa shape index (κ2) is 5.45. The van der Waals surface area contributed by atoms with Crippen LogP contribution in [0.3, 0.4) is 0 Å². The highest BCUT2D eigenvalue weighted by atomic mass is 16.5. The van der Waals surface area contributed by atoms with Crippen molar-refractivity contribution in [2.75, 3.05) is 6.61 Å². The maximum atomic E-state index is 12.0. The lowest BCUT2D eigenvalue weighted by molar-refractivity contribution is -0.143. The molecule has 21 heavy (non-hydrogen) atoms. The van der Waals surface area contributed by atoms with Gasteiger partial charge in [-0.05, 0) is 17.0 Å². The van der Waals surface area contributed by atoms with Gasteiger partial charge < -0.3 is 4.74 Å². The number of benzene rings is 1. The molecule has 110 valence electrons. The third-order valence-electron chi connectivity index (χ3n) is 3.91. The summed E-state index contributed by atoms with van der Waals surface area (Å²) in [5, 5.41) is 0. The third-order valence-corrected chi connectivity index (χ3v) is 3.91. The van der Waals surface area contributed by atoms with Gasteiger partial charge in [-0.1, -0.05) is 38.1 Å². The number of imide groups is 1. The van der Waals surface area contributed by atoms with Crippen molar-refractivity contribution in [1.82, 2.24) is 4.90 Å². The second-order valence-electron chi connectivity index (χ2n) is 5.99. The Morgan fingerprint density at radius 1 is 1.19 bits per heavy atom. The van der Waals surface area contributed by atoms with E-state index in [9.17, 15) is 9.59 Å². The monoisotopic (exact) mass is 285 g/mol. The normalized spacial score (nSPS) is 24.2. The fourth-order valence-electron chi connectivity index (χ4n) is 2.99. The molecule has 2 amide bonds. The molecule has 0 N–H and O–H groups in total. The van der Waals surface area contributed by atoms with Gasteiger partial charge in [0.05, 0.1) is 12.1 Å². The summed E-state index contributed by atoms with van der Waals surface area (Å²) < 4.78 is 5.99. The summed E-state index contributed by atoms with van der Waals surface area (Å²) in [4.78, 5) is 25.4. The summed E-state index contributed by atoms with van der Waals surface area (Å²) in [6.07, 6.45) is 3.26. The van der Waals surface area contributed by atoms with Crippen molar-refractivity contribution in [3.63, 3.8) is 0 Å². The van der Waals surface area contributed by atoms with Crippen molar-refractivity contribution in [3.8, 4) is 0 Å². The lowest BCUT2D eigenvalue weighted by Gasteiger charge is -2.29. The minimum atomic E-state index is -0.310. The topological polar surface area (TPSA) is 46.6 Å². The maximum Gasteiger partial charge on any atom is 0.254 e. The summed E-state index contributed by atoms with van der Waals surface area (Å²) >= 11 is 0. The summed E-state index contributed by atoms with van der Waals surface area (Å²) in [6, 6.07) is 7.63. The molecule has 1 aliphatic heterocycles. The molecule has 0 aromatic heterocycles. The summed E-state index contributed by atoms with van der Waals surface area (Å²) in [5.41, 5.74) is 2.18. The summed E-state index contributed by atoms with van der Waals surface area (Å²) in [6.45, 7) is 4.80. The number of carbonyl (C=O) groups excluding carboxylic acids is 2. The Morgan fingerprint density at radius 2 is 1.86 bits per heavy atom. The Labute approximate surface area is 124 Å². The minimum absolute atomic E-state index is 0.155. The lowest BCUT2D eigenvalue weighted by Crippen LogP contribution is -2.40. The van der Waals surface area contributed by atoms with Gasteiger partial charge >= 0.3 is 0 Å². The molecule has 2 aliphatic rings. The summed E-state index contributed by atoms with van der Waals surface area (Å²) in [7, 11) is 0. The van der Waals surface area contributed by atoms with E-state index < -0.39 is 0 Å². The smallest absolute Gasteiger partial charge is 0.254 e. The van der Waals surface area contributed by atoms with E-state index in [0.29, 0.717) is 12.5 Å². The molecule has 0 unspecified atom stereocenters. The molecule has 0 bridgehead atoms. The molecule has 0 fully saturated rings. The van der Waals surface area contributed by atoms with Crippen LogP contribution in [0.2, 0.25) is 0 Å². The molecule has 0 saturated carbocycles. The zero-order chi connectivity index (χ0) is 15.0. The Balaban J connectivity index is 1.92. The van der Waals surface area contributed by atoms with Crippen molar-refractivity contribution in [1.29, 1.82) is 0 Å². The van der Waals surface area contributed by atoms with Crippen molar-refractivity contribution >= 4 is 11.8 Å². The largest absolute Gasteiger partial charge is 0.375 e. The van der Waals surface area contributed by atoms with Crippen LogP contribution in [0.25, 0.3) is 0 Å². The second-order valence-corrected chi connectivity index (χ2v) is 5.99. The van der Waals surface area contributed by atoms with E-state index in [1.54, 1.807) is 0 Å². The number of ether oxygens (including phenoxy) is 1. The highest BCUT2D eigenvalue weighted by molar-refractivity contribution is 6.13. The van der Waals surface area contributed by atoms with Crippen LogP contribution in [0.1, 0.15) is 31.0 Å². The van der Waals surface area contributed by atoms with Crippen LogP contribution in [-0.4, -0.2) is 29.4 Å². The number of fused-ring (bicyclic) bond motifs is 1. The van der Waals surface area contributed by atoms with Gasteiger partial charge in [0, 0.05) is 25.2 Å². The van der Waals surface area contributed by atoms with Crippen LogP contribution in [0, 0.1) is 5.92 Å². The molecule has 1 aromatic rings. The first-order valence-electron chi connectivity index (χ1n) is 7.32. The molecule has 0 radical (unpaired) electrons. The lowest BCUT2D eigenvalue weighted by atomic mass is 10.1. The highest BCUT2D eigenvalue weighted by Crippen LogP contribution is 2.39. The van der Waals surface area contributed by atoms with Crippen molar-refractivity contribution in [3.05, 3.63) is 47.5 Å². The fourth-order valence-corrected chi connectivity index (χ4v) is 2.99. The van der Waals surface area contributed by atoms with Crippen LogP contribution in [-0.2, 0) is 20.7 Å². The molecule has 1 aromatic carbocycles. The average molecular weight is 285 g/mol. The standard InChI is InChI=1S/C17H19NO3/c1-11(2)10-21-14-9-12-5-3-4-6-13(12)17(14)18-15(19)7-8-16(18)20/h3-8,11,14,17H,9-10H2,1-2H3/t14-,17-/m0/s1. The Morgan fingerprint density at radius 3 is 2.52 bits per heavy atom. The Bertz CT molecular complexity index is 588. The van der Waals surface area contributed by atoms with E-state index in [-0.39, 0.29) is 24.0 Å². The van der Waals surface area contributed by atoms with Crippen LogP contribution < -0.4 is 0 Å². The van der Waals surface area contributed by atoms with Gasteiger partial charge in [-0.25, -0.2) is 0 Å². The van der Waals surface area contributed by atoms with E-state index in [2.05, 4.69) is 13.8 Å². The van der Waals surface area contributed by atoms with Gasteiger partial charge in [0.25, 0.3) is 11.8 Å². The number of rotatable bonds is 4. The number of nitrogens with zero attached hydrogens (tertiary/aromatic N) is 1. The van der Waals surface area contributed by atoms with E-state index in [1.165, 1.54) is 17.1 Å². The fraction of sp³-hybridized carbons (Fsp3) is 0.412. The van der Waals surface area contributed by atoms with Gasteiger partial charge in [0.1, 0.15) is 0 Å². The van der Waals surface area contributed by atoms with Gasteiger partial charge in [0.2, 0.25) is 0 Å². The Kier molecular flexibility index (Phi) is 3.64. The first-order chi connectivity index (χ1) is 10.1. The van der Waals surface area contributed by atoms with Gasteiger partial charge in [-0.2, -0.15) is 0 Å². The first kappa shape index (κ1) is 14.0. The number of amides is 2. The van der Waals surface area contributed by atoms with Gasteiger partial charge in [0.15, 0.2) is 0 Å². The van der Waals surface area contributed by atoms with E-state index in [1.807, 2.05) is 24.3 Å². The first-order valence-corrected chi connectivity index (χ1v) is 7.32. The molecular weight excluding hydrogens is 266 g/mol. The molecule has 4 nitrogen and oxygen atoms in total.